The van der Waals surface area contributed by atoms with Gasteiger partial charge >= 0.3 is 0 Å². The molecular formula is C22H18N2O2S. The Morgan fingerprint density at radius 1 is 1.15 bits per heavy atom. The van der Waals surface area contributed by atoms with Crippen LogP contribution in [0.3, 0.4) is 0 Å². The first-order valence-electron chi connectivity index (χ1n) is 8.63. The molecular weight excluding hydrogens is 356 g/mol. The molecule has 134 valence electrons. The van der Waals surface area contributed by atoms with Crippen molar-refractivity contribution in [3.63, 3.8) is 0 Å². The van der Waals surface area contributed by atoms with Crippen LogP contribution in [0.15, 0.2) is 76.5 Å². The first kappa shape index (κ1) is 17.2. The predicted molar refractivity (Wildman–Crippen MR) is 109 cm³/mol. The van der Waals surface area contributed by atoms with Crippen molar-refractivity contribution in [1.29, 1.82) is 0 Å². The minimum absolute atomic E-state index is 0.199. The molecule has 2 aromatic carbocycles. The number of hydrogen-bond acceptors (Lipinski definition) is 4. The molecule has 27 heavy (non-hydrogen) atoms. The topological polar surface area (TPSA) is 55.1 Å². The average molecular weight is 374 g/mol. The van der Waals surface area contributed by atoms with Gasteiger partial charge in [0.15, 0.2) is 0 Å². The molecule has 4 rings (SSSR count). The highest BCUT2D eigenvalue weighted by molar-refractivity contribution is 7.09. The van der Waals surface area contributed by atoms with Gasteiger partial charge < -0.3 is 9.73 Å². The van der Waals surface area contributed by atoms with E-state index in [2.05, 4.69) is 10.3 Å². The van der Waals surface area contributed by atoms with Gasteiger partial charge in [-0.3, -0.25) is 4.79 Å². The zero-order chi connectivity index (χ0) is 18.6. The van der Waals surface area contributed by atoms with Gasteiger partial charge in [-0.15, -0.1) is 11.3 Å². The third-order valence-corrected chi connectivity index (χ3v) is 4.98. The van der Waals surface area contributed by atoms with Crippen molar-refractivity contribution < 1.29 is 9.21 Å². The summed E-state index contributed by atoms with van der Waals surface area (Å²) >= 11 is 1.56. The van der Waals surface area contributed by atoms with Crippen molar-refractivity contribution in [1.82, 2.24) is 10.3 Å². The van der Waals surface area contributed by atoms with Gasteiger partial charge in [0, 0.05) is 16.8 Å². The van der Waals surface area contributed by atoms with Gasteiger partial charge in [0.05, 0.1) is 10.7 Å². The van der Waals surface area contributed by atoms with E-state index in [0.29, 0.717) is 5.76 Å². The Bertz CT molecular complexity index is 1060. The minimum Gasteiger partial charge on any atom is -0.459 e. The number of fused-ring (bicyclic) bond motifs is 1. The third-order valence-electron chi connectivity index (χ3n) is 4.19. The lowest BCUT2D eigenvalue weighted by Gasteiger charge is -2.16. The number of para-hydroxylation sites is 1. The lowest BCUT2D eigenvalue weighted by atomic mass is 10.0. The van der Waals surface area contributed by atoms with Crippen LogP contribution in [-0.2, 0) is 4.79 Å². The number of carbonyl (C=O) groups excluding carboxylic acids is 1. The van der Waals surface area contributed by atoms with Gasteiger partial charge in [-0.25, -0.2) is 4.98 Å². The van der Waals surface area contributed by atoms with Crippen LogP contribution in [0, 0.1) is 6.92 Å². The second-order valence-corrected chi connectivity index (χ2v) is 7.23. The molecule has 1 amide bonds. The summed E-state index contributed by atoms with van der Waals surface area (Å²) in [5, 5.41) is 6.95. The quantitative estimate of drug-likeness (QED) is 0.494. The number of thiazole rings is 1. The van der Waals surface area contributed by atoms with Gasteiger partial charge in [0.25, 0.3) is 0 Å². The fourth-order valence-electron chi connectivity index (χ4n) is 2.92. The van der Waals surface area contributed by atoms with Crippen molar-refractivity contribution in [2.75, 3.05) is 0 Å². The fourth-order valence-corrected chi connectivity index (χ4v) is 3.50. The molecule has 0 aliphatic rings. The largest absolute Gasteiger partial charge is 0.459 e. The van der Waals surface area contributed by atoms with Crippen molar-refractivity contribution in [3.8, 4) is 0 Å². The van der Waals surface area contributed by atoms with Gasteiger partial charge in [-0.1, -0.05) is 48.5 Å². The maximum atomic E-state index is 12.5. The highest BCUT2D eigenvalue weighted by Crippen LogP contribution is 2.28. The summed E-state index contributed by atoms with van der Waals surface area (Å²) in [5.41, 5.74) is 2.55. The summed E-state index contributed by atoms with van der Waals surface area (Å²) in [6, 6.07) is 19.2. The number of aryl methyl sites for hydroxylation is 1. The van der Waals surface area contributed by atoms with E-state index in [4.69, 9.17) is 4.42 Å². The number of aromatic nitrogens is 1. The molecule has 2 aromatic heterocycles. The van der Waals surface area contributed by atoms with Crippen LogP contribution in [0.2, 0.25) is 0 Å². The number of nitrogens with one attached hydrogen (secondary N) is 1. The van der Waals surface area contributed by atoms with Crippen LogP contribution < -0.4 is 5.32 Å². The number of rotatable bonds is 5. The first-order valence-corrected chi connectivity index (χ1v) is 9.51. The van der Waals surface area contributed by atoms with E-state index in [-0.39, 0.29) is 11.9 Å². The molecule has 0 radical (unpaired) electrons. The second-order valence-electron chi connectivity index (χ2n) is 6.16. The van der Waals surface area contributed by atoms with E-state index in [9.17, 15) is 4.79 Å². The molecule has 1 N–H and O–H groups in total. The van der Waals surface area contributed by atoms with Crippen LogP contribution in [-0.4, -0.2) is 10.9 Å². The Morgan fingerprint density at radius 3 is 2.67 bits per heavy atom. The van der Waals surface area contributed by atoms with Crippen molar-refractivity contribution in [3.05, 3.63) is 94.1 Å². The van der Waals surface area contributed by atoms with E-state index in [1.165, 1.54) is 6.08 Å². The van der Waals surface area contributed by atoms with Crippen LogP contribution in [0.1, 0.15) is 28.1 Å². The van der Waals surface area contributed by atoms with E-state index >= 15 is 0 Å². The Labute approximate surface area is 161 Å². The molecule has 0 spiro atoms. The van der Waals surface area contributed by atoms with Gasteiger partial charge in [0.2, 0.25) is 5.91 Å². The van der Waals surface area contributed by atoms with Gasteiger partial charge in [0.1, 0.15) is 17.4 Å². The van der Waals surface area contributed by atoms with Gasteiger partial charge in [-0.2, -0.15) is 0 Å². The summed E-state index contributed by atoms with van der Waals surface area (Å²) in [5.74, 6) is 0.503. The maximum absolute atomic E-state index is 12.5. The smallest absolute Gasteiger partial charge is 0.244 e. The maximum Gasteiger partial charge on any atom is 0.244 e. The summed E-state index contributed by atoms with van der Waals surface area (Å²) in [4.78, 5) is 16.9. The molecule has 4 aromatic rings. The molecule has 0 fully saturated rings. The zero-order valence-corrected chi connectivity index (χ0v) is 15.6. The van der Waals surface area contributed by atoms with Crippen LogP contribution in [0.5, 0.6) is 0 Å². The molecule has 0 bridgehead atoms. The molecule has 0 saturated heterocycles. The number of hydrogen-bond donors (Lipinski definition) is 1. The predicted octanol–water partition coefficient (Wildman–Crippen LogP) is 5.12. The van der Waals surface area contributed by atoms with E-state index in [0.717, 1.165) is 27.2 Å². The molecule has 5 heteroatoms. The molecule has 4 nitrogen and oxygen atoms in total. The van der Waals surface area contributed by atoms with E-state index < -0.39 is 0 Å². The highest BCUT2D eigenvalue weighted by atomic mass is 32.1. The summed E-state index contributed by atoms with van der Waals surface area (Å²) < 4.78 is 6.00. The SMILES string of the molecule is Cc1nc(C=CC(=O)NC(c2ccccc2)c2cc3ccccc3o2)cs1. The van der Waals surface area contributed by atoms with Gasteiger partial charge in [-0.05, 0) is 30.7 Å². The van der Waals surface area contributed by atoms with Crippen molar-refractivity contribution >= 4 is 34.3 Å². The molecule has 2 heterocycles. The first-order chi connectivity index (χ1) is 13.2. The van der Waals surface area contributed by atoms with Crippen LogP contribution in [0.4, 0.5) is 0 Å². The lowest BCUT2D eigenvalue weighted by Crippen LogP contribution is -2.27. The second kappa shape index (κ2) is 7.60. The van der Waals surface area contributed by atoms with Crippen LogP contribution >= 0.6 is 11.3 Å². The number of benzene rings is 2. The monoisotopic (exact) mass is 374 g/mol. The standard InChI is InChI=1S/C22H18N2O2S/c1-15-23-18(14-27-15)11-12-21(25)24-22(16-7-3-2-4-8-16)20-13-17-9-5-6-10-19(17)26-20/h2-14,22H,1H3,(H,24,25). The zero-order valence-electron chi connectivity index (χ0n) is 14.8. The number of carbonyl (C=O) groups is 1. The van der Waals surface area contributed by atoms with E-state index in [1.54, 1.807) is 17.4 Å². The lowest BCUT2D eigenvalue weighted by molar-refractivity contribution is -0.117. The summed E-state index contributed by atoms with van der Waals surface area (Å²) in [6.07, 6.45) is 3.23. The molecule has 1 unspecified atom stereocenters. The molecule has 0 aliphatic carbocycles. The molecule has 0 saturated carbocycles. The Balaban J connectivity index is 1.62. The molecule has 1 atom stereocenters. The Hall–Kier alpha value is -3.18. The van der Waals surface area contributed by atoms with Crippen LogP contribution in [0.25, 0.3) is 17.0 Å². The summed E-state index contributed by atoms with van der Waals surface area (Å²) in [7, 11) is 0. The fraction of sp³-hybridized carbons (Fsp3) is 0.0909. The Kier molecular flexibility index (Phi) is 4.85. The normalized spacial score (nSPS) is 12.5. The molecule has 0 aliphatic heterocycles. The number of amides is 1. The number of furan rings is 1. The van der Waals surface area contributed by atoms with Crippen molar-refractivity contribution in [2.24, 2.45) is 0 Å². The van der Waals surface area contributed by atoms with E-state index in [1.807, 2.05) is 73.0 Å². The third kappa shape index (κ3) is 3.99. The number of nitrogens with zero attached hydrogens (tertiary/aromatic N) is 1. The average Bonchev–Trinajstić information content (AvgIpc) is 3.31. The minimum atomic E-state index is -0.368. The van der Waals surface area contributed by atoms with Crippen molar-refractivity contribution in [2.45, 2.75) is 13.0 Å². The Morgan fingerprint density at radius 2 is 1.93 bits per heavy atom. The highest BCUT2D eigenvalue weighted by Gasteiger charge is 2.20. The summed E-state index contributed by atoms with van der Waals surface area (Å²) in [6.45, 7) is 1.94.